The SMILES string of the molecule is CCc1csc(CNC(=O)c2ccc(N(C)C[C@@H]3CCCN3C)nc2)n1. The molecule has 7 heteroatoms. The molecule has 3 heterocycles. The van der Waals surface area contributed by atoms with Gasteiger partial charge in [-0.2, -0.15) is 0 Å². The number of likely N-dealkylation sites (tertiary alicyclic amines) is 1. The molecular formula is C19H27N5OS. The summed E-state index contributed by atoms with van der Waals surface area (Å²) in [6.45, 7) is 4.66. The van der Waals surface area contributed by atoms with Gasteiger partial charge < -0.3 is 15.1 Å². The Morgan fingerprint density at radius 1 is 1.46 bits per heavy atom. The van der Waals surface area contributed by atoms with Gasteiger partial charge in [-0.3, -0.25) is 4.79 Å². The molecule has 1 aliphatic rings. The van der Waals surface area contributed by atoms with Crippen LogP contribution in [0.5, 0.6) is 0 Å². The lowest BCUT2D eigenvalue weighted by atomic mass is 10.2. The number of nitrogens with zero attached hydrogens (tertiary/aromatic N) is 4. The maximum Gasteiger partial charge on any atom is 0.253 e. The van der Waals surface area contributed by atoms with E-state index in [0.717, 1.165) is 29.5 Å². The molecule has 1 aliphatic heterocycles. The van der Waals surface area contributed by atoms with Gasteiger partial charge >= 0.3 is 0 Å². The number of hydrogen-bond acceptors (Lipinski definition) is 6. The highest BCUT2D eigenvalue weighted by Crippen LogP contribution is 2.18. The summed E-state index contributed by atoms with van der Waals surface area (Å²) < 4.78 is 0. The van der Waals surface area contributed by atoms with Gasteiger partial charge in [0.1, 0.15) is 10.8 Å². The Morgan fingerprint density at radius 3 is 2.92 bits per heavy atom. The quantitative estimate of drug-likeness (QED) is 0.808. The third kappa shape index (κ3) is 4.59. The number of hydrogen-bond donors (Lipinski definition) is 1. The smallest absolute Gasteiger partial charge is 0.253 e. The van der Waals surface area contributed by atoms with Crippen LogP contribution in [0.25, 0.3) is 0 Å². The average molecular weight is 374 g/mol. The molecule has 0 saturated carbocycles. The van der Waals surface area contributed by atoms with E-state index in [2.05, 4.69) is 46.1 Å². The molecule has 2 aromatic heterocycles. The van der Waals surface area contributed by atoms with Gasteiger partial charge in [0, 0.05) is 31.2 Å². The molecule has 0 bridgehead atoms. The predicted octanol–water partition coefficient (Wildman–Crippen LogP) is 2.56. The lowest BCUT2D eigenvalue weighted by Gasteiger charge is -2.26. The summed E-state index contributed by atoms with van der Waals surface area (Å²) >= 11 is 1.58. The van der Waals surface area contributed by atoms with Crippen molar-refractivity contribution < 1.29 is 4.79 Å². The van der Waals surface area contributed by atoms with Crippen LogP contribution in [-0.4, -0.2) is 54.0 Å². The molecule has 2 aromatic rings. The number of anilines is 1. The second-order valence-corrected chi connectivity index (χ2v) is 7.77. The van der Waals surface area contributed by atoms with Crippen LogP contribution >= 0.6 is 11.3 Å². The fourth-order valence-corrected chi connectivity index (χ4v) is 4.03. The molecule has 3 rings (SSSR count). The van der Waals surface area contributed by atoms with Gasteiger partial charge in [-0.1, -0.05) is 6.92 Å². The average Bonchev–Trinajstić information content (AvgIpc) is 3.29. The normalized spacial score (nSPS) is 17.4. The van der Waals surface area contributed by atoms with Gasteiger partial charge in [0.15, 0.2) is 0 Å². The lowest BCUT2D eigenvalue weighted by molar-refractivity contribution is 0.0950. The van der Waals surface area contributed by atoms with Crippen LogP contribution in [0, 0.1) is 0 Å². The van der Waals surface area contributed by atoms with Crippen molar-refractivity contribution in [3.8, 4) is 0 Å². The largest absolute Gasteiger partial charge is 0.358 e. The minimum Gasteiger partial charge on any atom is -0.358 e. The molecule has 1 amide bonds. The zero-order chi connectivity index (χ0) is 18.5. The number of likely N-dealkylation sites (N-methyl/N-ethyl adjacent to an activating group) is 2. The van der Waals surface area contributed by atoms with Crippen LogP contribution in [0.4, 0.5) is 5.82 Å². The monoisotopic (exact) mass is 373 g/mol. The van der Waals surface area contributed by atoms with Crippen molar-refractivity contribution in [2.75, 3.05) is 32.1 Å². The van der Waals surface area contributed by atoms with E-state index >= 15 is 0 Å². The number of pyridine rings is 1. The van der Waals surface area contributed by atoms with Crippen molar-refractivity contribution >= 4 is 23.1 Å². The standard InChI is InChI=1S/C19H27N5OS/c1-4-15-13-26-18(22-15)11-21-19(25)14-7-8-17(20-10-14)24(3)12-16-6-5-9-23(16)2/h7-8,10,13,16H,4-6,9,11-12H2,1-3H3,(H,21,25)/t16-/m0/s1. The van der Waals surface area contributed by atoms with Gasteiger partial charge in [0.05, 0.1) is 17.8 Å². The summed E-state index contributed by atoms with van der Waals surface area (Å²) in [5.74, 6) is 0.782. The Balaban J connectivity index is 1.53. The van der Waals surface area contributed by atoms with Crippen molar-refractivity contribution in [2.24, 2.45) is 0 Å². The third-order valence-electron chi connectivity index (χ3n) is 4.92. The molecule has 0 aromatic carbocycles. The number of nitrogens with one attached hydrogen (secondary N) is 1. The van der Waals surface area contributed by atoms with Crippen LogP contribution < -0.4 is 10.2 Å². The molecule has 1 fully saturated rings. The number of rotatable bonds is 7. The molecule has 1 saturated heterocycles. The molecular weight excluding hydrogens is 346 g/mol. The van der Waals surface area contributed by atoms with E-state index in [1.54, 1.807) is 17.5 Å². The zero-order valence-electron chi connectivity index (χ0n) is 15.7. The van der Waals surface area contributed by atoms with E-state index in [4.69, 9.17) is 0 Å². The first kappa shape index (κ1) is 18.8. The maximum atomic E-state index is 12.3. The summed E-state index contributed by atoms with van der Waals surface area (Å²) in [4.78, 5) is 25.8. The van der Waals surface area contributed by atoms with Gasteiger partial charge in [0.2, 0.25) is 0 Å². The lowest BCUT2D eigenvalue weighted by Crippen LogP contribution is -2.37. The molecule has 0 unspecified atom stereocenters. The highest BCUT2D eigenvalue weighted by atomic mass is 32.1. The topological polar surface area (TPSA) is 61.4 Å². The first-order valence-corrected chi connectivity index (χ1v) is 10.0. The summed E-state index contributed by atoms with van der Waals surface area (Å²) in [5, 5.41) is 5.88. The van der Waals surface area contributed by atoms with Crippen molar-refractivity contribution in [1.82, 2.24) is 20.2 Å². The number of aromatic nitrogens is 2. The van der Waals surface area contributed by atoms with Gasteiger partial charge in [0.25, 0.3) is 5.91 Å². The number of aryl methyl sites for hydroxylation is 1. The minimum atomic E-state index is -0.115. The Bertz CT molecular complexity index is 730. The van der Waals surface area contributed by atoms with E-state index in [9.17, 15) is 4.79 Å². The highest BCUT2D eigenvalue weighted by Gasteiger charge is 2.22. The molecule has 26 heavy (non-hydrogen) atoms. The molecule has 6 nitrogen and oxygen atoms in total. The zero-order valence-corrected chi connectivity index (χ0v) is 16.6. The fourth-order valence-electron chi connectivity index (χ4n) is 3.22. The fraction of sp³-hybridized carbons (Fsp3) is 0.526. The summed E-state index contributed by atoms with van der Waals surface area (Å²) in [6, 6.07) is 4.34. The molecule has 1 atom stereocenters. The summed E-state index contributed by atoms with van der Waals surface area (Å²) in [5.41, 5.74) is 1.65. The molecule has 1 N–H and O–H groups in total. The van der Waals surface area contributed by atoms with Crippen molar-refractivity contribution in [2.45, 2.75) is 38.8 Å². The number of amides is 1. The Morgan fingerprint density at radius 2 is 2.31 bits per heavy atom. The van der Waals surface area contributed by atoms with Crippen LogP contribution in [0.1, 0.15) is 40.8 Å². The molecule has 0 spiro atoms. The van der Waals surface area contributed by atoms with Crippen molar-refractivity contribution in [1.29, 1.82) is 0 Å². The van der Waals surface area contributed by atoms with E-state index < -0.39 is 0 Å². The van der Waals surface area contributed by atoms with Crippen molar-refractivity contribution in [3.05, 3.63) is 40.0 Å². The number of thiazole rings is 1. The van der Waals surface area contributed by atoms with Gasteiger partial charge in [-0.25, -0.2) is 9.97 Å². The Labute approximate surface area is 159 Å². The summed E-state index contributed by atoms with van der Waals surface area (Å²) in [6.07, 6.45) is 5.07. The number of carbonyl (C=O) groups is 1. The molecule has 0 radical (unpaired) electrons. The van der Waals surface area contributed by atoms with Crippen molar-refractivity contribution in [3.63, 3.8) is 0 Å². The third-order valence-corrected chi connectivity index (χ3v) is 5.82. The maximum absolute atomic E-state index is 12.3. The first-order chi connectivity index (χ1) is 12.6. The van der Waals surface area contributed by atoms with Crippen LogP contribution in [-0.2, 0) is 13.0 Å². The summed E-state index contributed by atoms with van der Waals surface area (Å²) in [7, 11) is 4.24. The van der Waals surface area contributed by atoms with E-state index in [0.29, 0.717) is 18.2 Å². The van der Waals surface area contributed by atoms with E-state index in [-0.39, 0.29) is 5.91 Å². The molecule has 0 aliphatic carbocycles. The Hall–Kier alpha value is -1.99. The minimum absolute atomic E-state index is 0.115. The van der Waals surface area contributed by atoms with E-state index in [1.807, 2.05) is 17.5 Å². The van der Waals surface area contributed by atoms with Crippen LogP contribution in [0.3, 0.4) is 0 Å². The Kier molecular flexibility index (Phi) is 6.21. The second-order valence-electron chi connectivity index (χ2n) is 6.83. The highest BCUT2D eigenvalue weighted by molar-refractivity contribution is 7.09. The van der Waals surface area contributed by atoms with Crippen LogP contribution in [0.15, 0.2) is 23.7 Å². The number of carbonyl (C=O) groups excluding carboxylic acids is 1. The van der Waals surface area contributed by atoms with Gasteiger partial charge in [-0.05, 0) is 45.0 Å². The second kappa shape index (κ2) is 8.60. The molecule has 140 valence electrons. The van der Waals surface area contributed by atoms with Crippen LogP contribution in [0.2, 0.25) is 0 Å². The van der Waals surface area contributed by atoms with Gasteiger partial charge in [-0.15, -0.1) is 11.3 Å². The van der Waals surface area contributed by atoms with E-state index in [1.165, 1.54) is 19.4 Å². The first-order valence-electron chi connectivity index (χ1n) is 9.15. The predicted molar refractivity (Wildman–Crippen MR) is 106 cm³/mol.